The summed E-state index contributed by atoms with van der Waals surface area (Å²) >= 11 is 9.65. The summed E-state index contributed by atoms with van der Waals surface area (Å²) in [5.74, 6) is 2.09. The topological polar surface area (TPSA) is 60.9 Å². The van der Waals surface area contributed by atoms with Gasteiger partial charge in [-0.15, -0.1) is 0 Å². The molecule has 0 spiro atoms. The van der Waals surface area contributed by atoms with Crippen LogP contribution >= 0.6 is 27.5 Å². The third-order valence-corrected chi connectivity index (χ3v) is 6.38. The van der Waals surface area contributed by atoms with Crippen molar-refractivity contribution in [1.82, 2.24) is 25.1 Å². The molecule has 0 amide bonds. The molecule has 28 heavy (non-hydrogen) atoms. The van der Waals surface area contributed by atoms with Gasteiger partial charge in [-0.3, -0.25) is 5.10 Å². The van der Waals surface area contributed by atoms with Crippen molar-refractivity contribution in [3.05, 3.63) is 45.8 Å². The lowest BCUT2D eigenvalue weighted by Gasteiger charge is -2.38. The van der Waals surface area contributed by atoms with Crippen molar-refractivity contribution in [3.63, 3.8) is 0 Å². The third kappa shape index (κ3) is 4.02. The molecular formula is C20H24BrClN6. The molecule has 148 valence electrons. The number of piperidine rings is 1. The van der Waals surface area contributed by atoms with Crippen molar-refractivity contribution in [1.29, 1.82) is 0 Å². The number of nitrogens with zero attached hydrogens (tertiary/aromatic N) is 5. The van der Waals surface area contributed by atoms with Gasteiger partial charge >= 0.3 is 0 Å². The van der Waals surface area contributed by atoms with Crippen molar-refractivity contribution >= 4 is 44.4 Å². The largest absolute Gasteiger partial charge is 0.356 e. The number of anilines is 1. The van der Waals surface area contributed by atoms with E-state index in [1.807, 2.05) is 12.1 Å². The van der Waals surface area contributed by atoms with Crippen LogP contribution in [-0.4, -0.2) is 58.8 Å². The van der Waals surface area contributed by atoms with E-state index in [0.717, 1.165) is 53.3 Å². The van der Waals surface area contributed by atoms with Crippen molar-refractivity contribution in [2.75, 3.05) is 38.6 Å². The Kier molecular flexibility index (Phi) is 5.85. The molecule has 3 aromatic rings. The molecule has 6 nitrogen and oxygen atoms in total. The number of benzene rings is 1. The van der Waals surface area contributed by atoms with Gasteiger partial charge in [-0.25, -0.2) is 9.97 Å². The van der Waals surface area contributed by atoms with Crippen LogP contribution in [0.4, 0.5) is 5.82 Å². The molecule has 1 aliphatic heterocycles. The normalized spacial score (nSPS) is 16.8. The van der Waals surface area contributed by atoms with Crippen LogP contribution in [0.25, 0.3) is 11.0 Å². The minimum Gasteiger partial charge on any atom is -0.356 e. The van der Waals surface area contributed by atoms with E-state index in [1.54, 1.807) is 6.33 Å². The maximum atomic E-state index is 6.11. The summed E-state index contributed by atoms with van der Waals surface area (Å²) in [7, 11) is 4.29. The summed E-state index contributed by atoms with van der Waals surface area (Å²) in [6.07, 6.45) is 3.85. The van der Waals surface area contributed by atoms with Gasteiger partial charge in [-0.2, -0.15) is 5.10 Å². The summed E-state index contributed by atoms with van der Waals surface area (Å²) in [4.78, 5) is 13.4. The first-order chi connectivity index (χ1) is 13.5. The van der Waals surface area contributed by atoms with E-state index < -0.39 is 0 Å². The van der Waals surface area contributed by atoms with Crippen molar-refractivity contribution < 1.29 is 0 Å². The maximum Gasteiger partial charge on any atom is 0.187 e. The van der Waals surface area contributed by atoms with Crippen LogP contribution in [0.1, 0.15) is 24.3 Å². The Balaban J connectivity index is 1.52. The molecule has 1 aliphatic rings. The predicted molar refractivity (Wildman–Crippen MR) is 117 cm³/mol. The van der Waals surface area contributed by atoms with E-state index in [-0.39, 0.29) is 0 Å². The van der Waals surface area contributed by atoms with Gasteiger partial charge in [0.1, 0.15) is 16.7 Å². The SMILES string of the molecule is CN(C)CC(c1ccc(Cl)cc1)C1CCN(c2ncnc3n[nH]c(Br)c23)CC1. The van der Waals surface area contributed by atoms with E-state index in [9.17, 15) is 0 Å². The Morgan fingerprint density at radius 2 is 1.93 bits per heavy atom. The maximum absolute atomic E-state index is 6.11. The lowest BCUT2D eigenvalue weighted by molar-refractivity contribution is 0.272. The van der Waals surface area contributed by atoms with Crippen molar-refractivity contribution in [2.24, 2.45) is 5.92 Å². The Morgan fingerprint density at radius 1 is 1.21 bits per heavy atom. The Bertz CT molecular complexity index is 934. The molecule has 0 bridgehead atoms. The number of likely N-dealkylation sites (N-methyl/N-ethyl adjacent to an activating group) is 1. The van der Waals surface area contributed by atoms with Crippen LogP contribution in [0.5, 0.6) is 0 Å². The fraction of sp³-hybridized carbons (Fsp3) is 0.450. The number of H-pyrrole nitrogens is 1. The zero-order valence-corrected chi connectivity index (χ0v) is 18.4. The fourth-order valence-corrected chi connectivity index (χ4v) is 4.76. The van der Waals surface area contributed by atoms with E-state index in [4.69, 9.17) is 11.6 Å². The van der Waals surface area contributed by atoms with Crippen molar-refractivity contribution in [3.8, 4) is 0 Å². The predicted octanol–water partition coefficient (Wildman–Crippen LogP) is 4.33. The highest BCUT2D eigenvalue weighted by molar-refractivity contribution is 9.10. The number of hydrogen-bond acceptors (Lipinski definition) is 5. The van der Waals surface area contributed by atoms with Gasteiger partial charge in [-0.05, 0) is 72.4 Å². The first kappa shape index (κ1) is 19.6. The Hall–Kier alpha value is -1.70. The van der Waals surface area contributed by atoms with Crippen LogP contribution in [0.15, 0.2) is 35.2 Å². The molecule has 1 fully saturated rings. The summed E-state index contributed by atoms with van der Waals surface area (Å²) in [5, 5.41) is 8.94. The Morgan fingerprint density at radius 3 is 2.61 bits per heavy atom. The zero-order chi connectivity index (χ0) is 19.7. The second-order valence-corrected chi connectivity index (χ2v) is 8.91. The molecule has 1 aromatic carbocycles. The Labute approximate surface area is 178 Å². The lowest BCUT2D eigenvalue weighted by Crippen LogP contribution is -2.38. The van der Waals surface area contributed by atoms with E-state index in [0.29, 0.717) is 17.5 Å². The second kappa shape index (κ2) is 8.35. The molecule has 3 heterocycles. The fourth-order valence-electron chi connectivity index (χ4n) is 4.19. The van der Waals surface area contributed by atoms with Gasteiger partial charge in [0.25, 0.3) is 0 Å². The highest BCUT2D eigenvalue weighted by Crippen LogP contribution is 2.36. The van der Waals surface area contributed by atoms with E-state index >= 15 is 0 Å². The van der Waals surface area contributed by atoms with E-state index in [1.165, 1.54) is 5.56 Å². The molecule has 1 unspecified atom stereocenters. The number of halogens is 2. The molecular weight excluding hydrogens is 440 g/mol. The summed E-state index contributed by atoms with van der Waals surface area (Å²) in [5.41, 5.74) is 2.07. The van der Waals surface area contributed by atoms with Gasteiger partial charge < -0.3 is 9.80 Å². The number of rotatable bonds is 5. The number of nitrogens with one attached hydrogen (secondary N) is 1. The van der Waals surface area contributed by atoms with Gasteiger partial charge in [-0.1, -0.05) is 23.7 Å². The molecule has 0 radical (unpaired) electrons. The van der Waals surface area contributed by atoms with Gasteiger partial charge in [0.05, 0.1) is 5.39 Å². The third-order valence-electron chi connectivity index (χ3n) is 5.55. The quantitative estimate of drug-likeness (QED) is 0.610. The minimum atomic E-state index is 0.500. The van der Waals surface area contributed by atoms with Gasteiger partial charge in [0, 0.05) is 24.7 Å². The summed E-state index contributed by atoms with van der Waals surface area (Å²) in [6.45, 7) is 3.00. The molecule has 0 aliphatic carbocycles. The van der Waals surface area contributed by atoms with Crippen LogP contribution < -0.4 is 4.90 Å². The monoisotopic (exact) mass is 462 g/mol. The molecule has 1 atom stereocenters. The molecule has 1 saturated heterocycles. The van der Waals surface area contributed by atoms with Crippen molar-refractivity contribution in [2.45, 2.75) is 18.8 Å². The highest BCUT2D eigenvalue weighted by atomic mass is 79.9. The number of hydrogen-bond donors (Lipinski definition) is 1. The van der Waals surface area contributed by atoms with Gasteiger partial charge in [0.15, 0.2) is 5.65 Å². The molecule has 4 rings (SSSR count). The summed E-state index contributed by atoms with van der Waals surface area (Å²) < 4.78 is 0.840. The average molecular weight is 464 g/mol. The average Bonchev–Trinajstić information content (AvgIpc) is 3.08. The standard InChI is InChI=1S/C20H24BrClN6/c1-27(2)11-16(13-3-5-15(22)6-4-13)14-7-9-28(10-8-14)20-17-18(21)25-26-19(17)23-12-24-20/h3-6,12,14,16H,7-11H2,1-2H3,(H,23,24,25,26). The first-order valence-electron chi connectivity index (χ1n) is 9.52. The van der Waals surface area contributed by atoms with Crippen LogP contribution in [-0.2, 0) is 0 Å². The number of aromatic nitrogens is 4. The van der Waals surface area contributed by atoms with Gasteiger partial charge in [0.2, 0.25) is 0 Å². The molecule has 0 saturated carbocycles. The zero-order valence-electron chi connectivity index (χ0n) is 16.1. The number of fused-ring (bicyclic) bond motifs is 1. The minimum absolute atomic E-state index is 0.500. The smallest absolute Gasteiger partial charge is 0.187 e. The first-order valence-corrected chi connectivity index (χ1v) is 10.7. The summed E-state index contributed by atoms with van der Waals surface area (Å²) in [6, 6.07) is 8.37. The van der Waals surface area contributed by atoms with Crippen LogP contribution in [0.3, 0.4) is 0 Å². The number of aromatic amines is 1. The second-order valence-electron chi connectivity index (χ2n) is 7.68. The highest BCUT2D eigenvalue weighted by Gasteiger charge is 2.29. The molecule has 2 aromatic heterocycles. The van der Waals surface area contributed by atoms with E-state index in [2.05, 4.69) is 72.1 Å². The van der Waals surface area contributed by atoms with Crippen LogP contribution in [0.2, 0.25) is 5.02 Å². The molecule has 1 N–H and O–H groups in total. The van der Waals surface area contributed by atoms with Crippen LogP contribution in [0, 0.1) is 5.92 Å². The molecule has 8 heteroatoms. The lowest BCUT2D eigenvalue weighted by atomic mass is 9.79.